The van der Waals surface area contributed by atoms with Crippen LogP contribution in [0.2, 0.25) is 0 Å². The smallest absolute Gasteiger partial charge is 0.240 e. The van der Waals surface area contributed by atoms with Crippen LogP contribution in [0.25, 0.3) is 0 Å². The molecule has 0 spiro atoms. The van der Waals surface area contributed by atoms with Gasteiger partial charge >= 0.3 is 0 Å². The molecule has 2 unspecified atom stereocenters. The molecule has 0 saturated carbocycles. The lowest BCUT2D eigenvalue weighted by atomic mass is 9.97. The highest BCUT2D eigenvalue weighted by atomic mass is 32.2. The van der Waals surface area contributed by atoms with Gasteiger partial charge in [0.2, 0.25) is 20.0 Å². The van der Waals surface area contributed by atoms with Crippen LogP contribution in [0.4, 0.5) is 10.1 Å². The zero-order valence-electron chi connectivity index (χ0n) is 12.8. The summed E-state index contributed by atoms with van der Waals surface area (Å²) in [6, 6.07) is 2.85. The summed E-state index contributed by atoms with van der Waals surface area (Å²) in [5.41, 5.74) is -0.290. The number of piperidine rings is 1. The molecule has 2 rings (SSSR count). The molecule has 1 aliphatic heterocycles. The zero-order valence-corrected chi connectivity index (χ0v) is 14.5. The summed E-state index contributed by atoms with van der Waals surface area (Å²) in [7, 11) is -7.51. The van der Waals surface area contributed by atoms with Crippen molar-refractivity contribution in [1.82, 2.24) is 10.0 Å². The van der Waals surface area contributed by atoms with Crippen molar-refractivity contribution in [3.63, 3.8) is 0 Å². The third kappa shape index (κ3) is 4.87. The summed E-state index contributed by atoms with van der Waals surface area (Å²) in [6.45, 7) is 3.35. The van der Waals surface area contributed by atoms with Gasteiger partial charge in [0, 0.05) is 6.04 Å². The fourth-order valence-electron chi connectivity index (χ4n) is 2.40. The molecule has 1 aromatic rings. The maximum Gasteiger partial charge on any atom is 0.240 e. The number of hydrogen-bond donors (Lipinski definition) is 3. The van der Waals surface area contributed by atoms with Crippen molar-refractivity contribution in [1.29, 1.82) is 0 Å². The van der Waals surface area contributed by atoms with Crippen molar-refractivity contribution in [2.45, 2.75) is 24.3 Å². The van der Waals surface area contributed by atoms with Crippen LogP contribution in [-0.4, -0.2) is 42.2 Å². The molecule has 0 radical (unpaired) electrons. The Kier molecular flexibility index (Phi) is 5.29. The van der Waals surface area contributed by atoms with Crippen molar-refractivity contribution in [3.8, 4) is 0 Å². The van der Waals surface area contributed by atoms with Crippen LogP contribution in [0.5, 0.6) is 0 Å². The minimum atomic E-state index is -3.87. The minimum Gasteiger partial charge on any atom is -0.316 e. The van der Waals surface area contributed by atoms with Crippen molar-refractivity contribution in [2.24, 2.45) is 5.92 Å². The van der Waals surface area contributed by atoms with E-state index in [0.29, 0.717) is 19.5 Å². The second kappa shape index (κ2) is 6.71. The molecule has 0 aliphatic carbocycles. The van der Waals surface area contributed by atoms with Gasteiger partial charge in [-0.1, -0.05) is 6.92 Å². The number of anilines is 1. The minimum absolute atomic E-state index is 0.120. The van der Waals surface area contributed by atoms with E-state index in [1.54, 1.807) is 0 Å². The molecule has 1 heterocycles. The summed E-state index contributed by atoms with van der Waals surface area (Å²) < 4.78 is 65.5. The van der Waals surface area contributed by atoms with Gasteiger partial charge in [0.1, 0.15) is 5.82 Å². The Labute approximate surface area is 135 Å². The van der Waals surface area contributed by atoms with Gasteiger partial charge in [-0.05, 0) is 43.6 Å². The first-order chi connectivity index (χ1) is 10.6. The number of nitrogens with one attached hydrogen (secondary N) is 3. The van der Waals surface area contributed by atoms with Gasteiger partial charge < -0.3 is 5.32 Å². The molecule has 7 nitrogen and oxygen atoms in total. The molecule has 130 valence electrons. The van der Waals surface area contributed by atoms with Gasteiger partial charge in [-0.25, -0.2) is 25.9 Å². The molecule has 1 aliphatic rings. The molecule has 23 heavy (non-hydrogen) atoms. The van der Waals surface area contributed by atoms with E-state index < -0.39 is 25.9 Å². The van der Waals surface area contributed by atoms with Crippen LogP contribution in [0.3, 0.4) is 0 Å². The number of halogens is 1. The lowest BCUT2D eigenvalue weighted by molar-refractivity contribution is 0.328. The quantitative estimate of drug-likeness (QED) is 0.704. The second-order valence-corrected chi connectivity index (χ2v) is 9.18. The maximum absolute atomic E-state index is 13.9. The summed E-state index contributed by atoms with van der Waals surface area (Å²) in [5.74, 6) is -0.828. The number of rotatable bonds is 5. The molecule has 0 aromatic heterocycles. The van der Waals surface area contributed by atoms with E-state index in [4.69, 9.17) is 0 Å². The normalized spacial score (nSPS) is 22.7. The van der Waals surface area contributed by atoms with E-state index in [0.717, 1.165) is 18.4 Å². The van der Waals surface area contributed by atoms with Crippen LogP contribution in [0.1, 0.15) is 13.3 Å². The lowest BCUT2D eigenvalue weighted by Crippen LogP contribution is -2.48. The number of sulfonamides is 2. The van der Waals surface area contributed by atoms with E-state index in [-0.39, 0.29) is 22.5 Å². The van der Waals surface area contributed by atoms with Crippen LogP contribution in [0.15, 0.2) is 23.1 Å². The van der Waals surface area contributed by atoms with E-state index in [9.17, 15) is 21.2 Å². The van der Waals surface area contributed by atoms with E-state index in [2.05, 4.69) is 10.0 Å². The molecule has 0 bridgehead atoms. The van der Waals surface area contributed by atoms with Crippen LogP contribution in [-0.2, 0) is 20.0 Å². The fourth-order valence-corrected chi connectivity index (χ4v) is 4.36. The highest BCUT2D eigenvalue weighted by molar-refractivity contribution is 7.92. The molecular formula is C13H20FN3O4S2. The van der Waals surface area contributed by atoms with Crippen molar-refractivity contribution < 1.29 is 21.2 Å². The molecular weight excluding hydrogens is 345 g/mol. The number of hydrogen-bond acceptors (Lipinski definition) is 5. The first kappa shape index (κ1) is 18.1. The topological polar surface area (TPSA) is 104 Å². The monoisotopic (exact) mass is 365 g/mol. The molecule has 3 N–H and O–H groups in total. The fraction of sp³-hybridized carbons (Fsp3) is 0.538. The predicted octanol–water partition coefficient (Wildman–Crippen LogP) is 0.474. The van der Waals surface area contributed by atoms with Gasteiger partial charge in [-0.15, -0.1) is 0 Å². The first-order valence-corrected chi connectivity index (χ1v) is 10.5. The molecule has 1 fully saturated rings. The van der Waals surface area contributed by atoms with Gasteiger partial charge in [0.05, 0.1) is 16.8 Å². The van der Waals surface area contributed by atoms with Crippen molar-refractivity contribution in [2.75, 3.05) is 24.1 Å². The molecule has 10 heteroatoms. The average Bonchev–Trinajstić information content (AvgIpc) is 2.42. The summed E-state index contributed by atoms with van der Waals surface area (Å²) in [5, 5.41) is 3.17. The largest absolute Gasteiger partial charge is 0.316 e. The zero-order chi connectivity index (χ0) is 17.3. The number of benzene rings is 1. The summed E-state index contributed by atoms with van der Waals surface area (Å²) >= 11 is 0. The Morgan fingerprint density at radius 2 is 1.96 bits per heavy atom. The van der Waals surface area contributed by atoms with Crippen molar-refractivity contribution in [3.05, 3.63) is 24.0 Å². The Balaban J connectivity index is 2.21. The van der Waals surface area contributed by atoms with Crippen LogP contribution >= 0.6 is 0 Å². The van der Waals surface area contributed by atoms with E-state index >= 15 is 0 Å². The van der Waals surface area contributed by atoms with Crippen molar-refractivity contribution >= 4 is 25.7 Å². The third-order valence-corrected chi connectivity index (χ3v) is 5.72. The second-order valence-electron chi connectivity index (χ2n) is 5.71. The molecule has 0 amide bonds. The van der Waals surface area contributed by atoms with Gasteiger partial charge in [0.15, 0.2) is 0 Å². The Morgan fingerprint density at radius 1 is 1.26 bits per heavy atom. The molecule has 1 aromatic carbocycles. The van der Waals surface area contributed by atoms with E-state index in [1.165, 1.54) is 6.07 Å². The van der Waals surface area contributed by atoms with E-state index in [1.807, 2.05) is 11.6 Å². The Hall–Kier alpha value is -1.23. The average molecular weight is 365 g/mol. The highest BCUT2D eigenvalue weighted by Crippen LogP contribution is 2.21. The summed E-state index contributed by atoms with van der Waals surface area (Å²) in [6.07, 6.45) is 1.54. The Morgan fingerprint density at radius 3 is 2.52 bits per heavy atom. The SMILES string of the molecule is CC1CNCCC1NS(=O)(=O)c1ccc(NS(C)(=O)=O)c(F)c1. The third-order valence-electron chi connectivity index (χ3n) is 3.64. The first-order valence-electron chi connectivity index (χ1n) is 7.09. The summed E-state index contributed by atoms with van der Waals surface area (Å²) in [4.78, 5) is -0.236. The van der Waals surface area contributed by atoms with Crippen LogP contribution < -0.4 is 14.8 Å². The lowest BCUT2D eigenvalue weighted by Gasteiger charge is -2.29. The molecule has 1 saturated heterocycles. The molecule has 2 atom stereocenters. The van der Waals surface area contributed by atoms with Gasteiger partial charge in [0.25, 0.3) is 0 Å². The van der Waals surface area contributed by atoms with Crippen LogP contribution in [0, 0.1) is 11.7 Å². The predicted molar refractivity (Wildman–Crippen MR) is 85.6 cm³/mol. The van der Waals surface area contributed by atoms with Gasteiger partial charge in [-0.3, -0.25) is 4.72 Å². The van der Waals surface area contributed by atoms with Gasteiger partial charge in [-0.2, -0.15) is 0 Å². The standard InChI is InChI=1S/C13H20FN3O4S2/c1-9-8-15-6-5-12(9)17-23(20,21)10-3-4-13(11(14)7-10)16-22(2,18)19/h3-4,7,9,12,15-17H,5-6,8H2,1-2H3. The Bertz CT molecular complexity index is 780. The maximum atomic E-state index is 13.9. The highest BCUT2D eigenvalue weighted by Gasteiger charge is 2.27.